The molecule has 3 rings (SSSR count). The van der Waals surface area contributed by atoms with E-state index in [4.69, 9.17) is 5.11 Å². The van der Waals surface area contributed by atoms with E-state index in [1.807, 2.05) is 41.0 Å². The zero-order chi connectivity index (χ0) is 16.4. The lowest BCUT2D eigenvalue weighted by Gasteiger charge is -2.13. The van der Waals surface area contributed by atoms with Crippen LogP contribution in [0.15, 0.2) is 64.0 Å². The van der Waals surface area contributed by atoms with Crippen molar-refractivity contribution >= 4 is 32.8 Å². The lowest BCUT2D eigenvalue weighted by atomic mass is 10.1. The molecule has 0 atom stereocenters. The first kappa shape index (κ1) is 15.5. The number of aliphatic carboxylic acids is 1. The van der Waals surface area contributed by atoms with Crippen LogP contribution in [0.25, 0.3) is 10.9 Å². The zero-order valence-electron chi connectivity index (χ0n) is 12.2. The molecular formula is C18H14BrNO3. The molecule has 3 aromatic rings. The topological polar surface area (TPSA) is 59.3 Å². The number of fused-ring (bicyclic) bond motifs is 1. The summed E-state index contributed by atoms with van der Waals surface area (Å²) >= 11 is 3.41. The Bertz CT molecular complexity index is 929. The zero-order valence-corrected chi connectivity index (χ0v) is 13.8. The van der Waals surface area contributed by atoms with Crippen LogP contribution in [0.1, 0.15) is 11.1 Å². The summed E-state index contributed by atoms with van der Waals surface area (Å²) < 4.78 is 2.93. The van der Waals surface area contributed by atoms with Crippen molar-refractivity contribution in [3.05, 3.63) is 80.6 Å². The predicted molar refractivity (Wildman–Crippen MR) is 92.8 cm³/mol. The van der Waals surface area contributed by atoms with Crippen molar-refractivity contribution in [1.29, 1.82) is 0 Å². The standard InChI is InChI=1S/C18H14BrNO3/c19-14-7-5-12(6-8-14)10-20-11-13(9-17(21)22)18(23)15-3-1-2-4-16(15)20/h1-8,11H,9-10H2,(H,21,22). The number of carboxylic acid groups (broad SMARTS) is 1. The van der Waals surface area contributed by atoms with Gasteiger partial charge in [0.1, 0.15) is 0 Å². The highest BCUT2D eigenvalue weighted by Gasteiger charge is 2.11. The number of pyridine rings is 1. The van der Waals surface area contributed by atoms with E-state index in [1.54, 1.807) is 18.3 Å². The molecule has 0 unspecified atom stereocenters. The van der Waals surface area contributed by atoms with E-state index in [-0.39, 0.29) is 11.8 Å². The summed E-state index contributed by atoms with van der Waals surface area (Å²) in [6, 6.07) is 15.2. The Hall–Kier alpha value is -2.40. The van der Waals surface area contributed by atoms with Gasteiger partial charge in [-0.1, -0.05) is 40.2 Å². The summed E-state index contributed by atoms with van der Waals surface area (Å²) in [7, 11) is 0. The largest absolute Gasteiger partial charge is 0.481 e. The van der Waals surface area contributed by atoms with Crippen molar-refractivity contribution in [3.8, 4) is 0 Å². The van der Waals surface area contributed by atoms with Gasteiger partial charge in [0.25, 0.3) is 0 Å². The van der Waals surface area contributed by atoms with Gasteiger partial charge in [0.15, 0.2) is 5.43 Å². The Morgan fingerprint density at radius 1 is 1.09 bits per heavy atom. The van der Waals surface area contributed by atoms with Gasteiger partial charge in [-0.3, -0.25) is 9.59 Å². The van der Waals surface area contributed by atoms with Gasteiger partial charge in [0.2, 0.25) is 0 Å². The van der Waals surface area contributed by atoms with E-state index in [0.717, 1.165) is 15.6 Å². The first-order valence-electron chi connectivity index (χ1n) is 7.12. The monoisotopic (exact) mass is 371 g/mol. The molecule has 5 heteroatoms. The van der Waals surface area contributed by atoms with Crippen LogP contribution in [-0.4, -0.2) is 15.6 Å². The number of para-hydroxylation sites is 1. The molecule has 0 bridgehead atoms. The number of halogens is 1. The van der Waals surface area contributed by atoms with E-state index in [2.05, 4.69) is 15.9 Å². The Morgan fingerprint density at radius 2 is 1.78 bits per heavy atom. The molecule has 0 aliphatic heterocycles. The number of hydrogen-bond donors (Lipinski definition) is 1. The second kappa shape index (κ2) is 6.38. The van der Waals surface area contributed by atoms with E-state index in [9.17, 15) is 9.59 Å². The lowest BCUT2D eigenvalue weighted by Crippen LogP contribution is -2.18. The summed E-state index contributed by atoms with van der Waals surface area (Å²) in [5, 5.41) is 9.57. The van der Waals surface area contributed by atoms with E-state index < -0.39 is 5.97 Å². The normalized spacial score (nSPS) is 10.8. The Kier molecular flexibility index (Phi) is 4.30. The highest BCUT2D eigenvalue weighted by molar-refractivity contribution is 9.10. The molecule has 0 amide bonds. The van der Waals surface area contributed by atoms with Gasteiger partial charge >= 0.3 is 5.97 Å². The van der Waals surface area contributed by atoms with Crippen LogP contribution >= 0.6 is 15.9 Å². The fourth-order valence-electron chi connectivity index (χ4n) is 2.61. The molecule has 2 aromatic carbocycles. The molecule has 0 spiro atoms. The van der Waals surface area contributed by atoms with Crippen LogP contribution in [0, 0.1) is 0 Å². The summed E-state index contributed by atoms with van der Waals surface area (Å²) in [5.74, 6) is -1.01. The van der Waals surface area contributed by atoms with Gasteiger partial charge in [0.05, 0.1) is 11.9 Å². The molecule has 0 saturated heterocycles. The Labute approximate surface area is 141 Å². The summed E-state index contributed by atoms with van der Waals surface area (Å²) in [6.07, 6.45) is 1.38. The molecular weight excluding hydrogens is 358 g/mol. The highest BCUT2D eigenvalue weighted by atomic mass is 79.9. The van der Waals surface area contributed by atoms with Crippen LogP contribution in [0.3, 0.4) is 0 Å². The van der Waals surface area contributed by atoms with E-state index in [1.165, 1.54) is 0 Å². The SMILES string of the molecule is O=C(O)Cc1cn(Cc2ccc(Br)cc2)c2ccccc2c1=O. The summed E-state index contributed by atoms with van der Waals surface area (Å²) in [6.45, 7) is 0.570. The number of aromatic nitrogens is 1. The molecule has 1 aromatic heterocycles. The highest BCUT2D eigenvalue weighted by Crippen LogP contribution is 2.16. The third-order valence-electron chi connectivity index (χ3n) is 3.67. The van der Waals surface area contributed by atoms with Crippen molar-refractivity contribution in [3.63, 3.8) is 0 Å². The third kappa shape index (κ3) is 3.35. The van der Waals surface area contributed by atoms with Gasteiger partial charge in [0, 0.05) is 28.2 Å². The smallest absolute Gasteiger partial charge is 0.308 e. The van der Waals surface area contributed by atoms with Crippen LogP contribution in [0.5, 0.6) is 0 Å². The van der Waals surface area contributed by atoms with Gasteiger partial charge in [-0.2, -0.15) is 0 Å². The molecule has 0 saturated carbocycles. The average Bonchev–Trinajstić information content (AvgIpc) is 2.53. The van der Waals surface area contributed by atoms with Gasteiger partial charge in [-0.25, -0.2) is 0 Å². The van der Waals surface area contributed by atoms with Gasteiger partial charge in [-0.15, -0.1) is 0 Å². The second-order valence-electron chi connectivity index (χ2n) is 5.33. The van der Waals surface area contributed by atoms with E-state index in [0.29, 0.717) is 17.5 Å². The lowest BCUT2D eigenvalue weighted by molar-refractivity contribution is -0.136. The molecule has 0 aliphatic carbocycles. The average molecular weight is 372 g/mol. The first-order chi connectivity index (χ1) is 11.0. The minimum absolute atomic E-state index is 0.213. The van der Waals surface area contributed by atoms with Crippen molar-refractivity contribution in [2.45, 2.75) is 13.0 Å². The van der Waals surface area contributed by atoms with Gasteiger partial charge in [-0.05, 0) is 29.8 Å². The van der Waals surface area contributed by atoms with Gasteiger partial charge < -0.3 is 9.67 Å². The number of carboxylic acids is 1. The summed E-state index contributed by atoms with van der Waals surface area (Å²) in [4.78, 5) is 23.4. The Morgan fingerprint density at radius 3 is 2.48 bits per heavy atom. The molecule has 23 heavy (non-hydrogen) atoms. The maximum absolute atomic E-state index is 12.4. The number of rotatable bonds is 4. The predicted octanol–water partition coefficient (Wildman–Crippen LogP) is 3.44. The maximum atomic E-state index is 12.4. The van der Waals surface area contributed by atoms with Crippen molar-refractivity contribution in [2.24, 2.45) is 0 Å². The minimum atomic E-state index is -1.01. The fraction of sp³-hybridized carbons (Fsp3) is 0.111. The maximum Gasteiger partial charge on any atom is 0.308 e. The quantitative estimate of drug-likeness (QED) is 0.763. The van der Waals surface area contributed by atoms with Crippen LogP contribution in [0.2, 0.25) is 0 Å². The number of hydrogen-bond acceptors (Lipinski definition) is 2. The number of carbonyl (C=O) groups is 1. The van der Waals surface area contributed by atoms with E-state index >= 15 is 0 Å². The van der Waals surface area contributed by atoms with Crippen LogP contribution in [-0.2, 0) is 17.8 Å². The third-order valence-corrected chi connectivity index (χ3v) is 4.20. The molecule has 0 aliphatic rings. The molecule has 4 nitrogen and oxygen atoms in total. The van der Waals surface area contributed by atoms with Crippen LogP contribution in [0.4, 0.5) is 0 Å². The molecule has 1 heterocycles. The second-order valence-corrected chi connectivity index (χ2v) is 6.24. The molecule has 0 radical (unpaired) electrons. The Balaban J connectivity index is 2.14. The summed E-state index contributed by atoms with van der Waals surface area (Å²) in [5.41, 5.74) is 1.96. The molecule has 116 valence electrons. The number of benzene rings is 2. The van der Waals surface area contributed by atoms with Crippen molar-refractivity contribution < 1.29 is 9.90 Å². The van der Waals surface area contributed by atoms with Crippen molar-refractivity contribution in [2.75, 3.05) is 0 Å². The molecule has 0 fully saturated rings. The number of nitrogens with zero attached hydrogens (tertiary/aromatic N) is 1. The first-order valence-corrected chi connectivity index (χ1v) is 7.91. The minimum Gasteiger partial charge on any atom is -0.481 e. The fourth-order valence-corrected chi connectivity index (χ4v) is 2.88. The van der Waals surface area contributed by atoms with Crippen LogP contribution < -0.4 is 5.43 Å². The van der Waals surface area contributed by atoms with Crippen molar-refractivity contribution in [1.82, 2.24) is 4.57 Å². The molecule has 1 N–H and O–H groups in total.